The minimum atomic E-state index is 0.358. The molecule has 4 aromatic carbocycles. The molecular formula is C37H33N3O2. The third-order valence-corrected chi connectivity index (χ3v) is 8.07. The van der Waals surface area contributed by atoms with Crippen molar-refractivity contribution in [1.29, 1.82) is 0 Å². The molecule has 0 aliphatic carbocycles. The number of fused-ring (bicyclic) bond motifs is 4. The second-order valence-electron chi connectivity index (χ2n) is 11.4. The number of furan rings is 1. The summed E-state index contributed by atoms with van der Waals surface area (Å²) in [5.74, 6) is 2.39. The average molecular weight is 552 g/mol. The van der Waals surface area contributed by atoms with Gasteiger partial charge in [0.05, 0.1) is 34.9 Å². The first kappa shape index (κ1) is 26.0. The number of nitrogens with zero attached hydrogens (tertiary/aromatic N) is 3. The Morgan fingerprint density at radius 2 is 1.40 bits per heavy atom. The third-order valence-electron chi connectivity index (χ3n) is 8.07. The summed E-state index contributed by atoms with van der Waals surface area (Å²) in [6, 6.07) is 33.5. The van der Waals surface area contributed by atoms with Gasteiger partial charge < -0.3 is 9.15 Å². The summed E-state index contributed by atoms with van der Waals surface area (Å²) in [5.41, 5.74) is 11.1. The number of benzene rings is 4. The van der Waals surface area contributed by atoms with Crippen molar-refractivity contribution < 1.29 is 9.15 Å². The summed E-state index contributed by atoms with van der Waals surface area (Å²) < 4.78 is 14.1. The van der Waals surface area contributed by atoms with Gasteiger partial charge in [-0.2, -0.15) is 0 Å². The first-order chi connectivity index (χ1) is 20.4. The Morgan fingerprint density at radius 1 is 0.690 bits per heavy atom. The summed E-state index contributed by atoms with van der Waals surface area (Å²) in [6.45, 7) is 9.05. The molecular weight excluding hydrogens is 518 g/mol. The second kappa shape index (κ2) is 10.2. The molecule has 0 saturated heterocycles. The summed E-state index contributed by atoms with van der Waals surface area (Å²) in [6.07, 6.45) is 0. The molecule has 0 atom stereocenters. The largest absolute Gasteiger partial charge is 0.496 e. The van der Waals surface area contributed by atoms with Crippen LogP contribution in [0.25, 0.3) is 61.4 Å². The zero-order chi connectivity index (χ0) is 29.0. The molecule has 208 valence electrons. The molecule has 0 N–H and O–H groups in total. The molecule has 5 heteroatoms. The Bertz CT molecular complexity index is 2070. The molecule has 0 amide bonds. The molecule has 0 unspecified atom stereocenters. The van der Waals surface area contributed by atoms with Gasteiger partial charge in [0, 0.05) is 11.1 Å². The summed E-state index contributed by atoms with van der Waals surface area (Å²) in [5, 5.41) is 0.890. The topological polar surface area (TPSA) is 53.1 Å². The Labute approximate surface area is 245 Å². The molecule has 42 heavy (non-hydrogen) atoms. The fourth-order valence-electron chi connectivity index (χ4n) is 6.02. The zero-order valence-corrected chi connectivity index (χ0v) is 24.6. The first-order valence-electron chi connectivity index (χ1n) is 14.5. The lowest BCUT2D eigenvalue weighted by atomic mass is 9.92. The van der Waals surface area contributed by atoms with Gasteiger partial charge in [-0.15, -0.1) is 0 Å². The van der Waals surface area contributed by atoms with Crippen molar-refractivity contribution in [3.05, 3.63) is 108 Å². The van der Waals surface area contributed by atoms with Gasteiger partial charge in [0.1, 0.15) is 22.7 Å². The maximum atomic E-state index is 6.08. The monoisotopic (exact) mass is 551 g/mol. The minimum absolute atomic E-state index is 0.358. The molecule has 0 radical (unpaired) electrons. The van der Waals surface area contributed by atoms with Gasteiger partial charge in [0.2, 0.25) is 0 Å². The van der Waals surface area contributed by atoms with Crippen LogP contribution in [0.1, 0.15) is 50.7 Å². The molecule has 0 aliphatic heterocycles. The SMILES string of the molecule is COc1cccc2oc3ccc(-c4cccc(-c5nc6ccccc6n5-c5c(C(C)C)cccc5C(C)C)c4)nc3c12. The van der Waals surface area contributed by atoms with Gasteiger partial charge in [-0.25, -0.2) is 9.97 Å². The number of methoxy groups -OCH3 is 1. The van der Waals surface area contributed by atoms with Gasteiger partial charge in [-0.3, -0.25) is 4.57 Å². The minimum Gasteiger partial charge on any atom is -0.496 e. The van der Waals surface area contributed by atoms with Gasteiger partial charge in [0.25, 0.3) is 0 Å². The van der Waals surface area contributed by atoms with Crippen molar-refractivity contribution in [2.75, 3.05) is 7.11 Å². The van der Waals surface area contributed by atoms with E-state index in [1.54, 1.807) is 7.11 Å². The van der Waals surface area contributed by atoms with E-state index < -0.39 is 0 Å². The Morgan fingerprint density at radius 3 is 2.17 bits per heavy atom. The van der Waals surface area contributed by atoms with Crippen LogP contribution < -0.4 is 4.74 Å². The number of imidazole rings is 1. The number of rotatable bonds is 6. The van der Waals surface area contributed by atoms with Crippen molar-refractivity contribution in [2.24, 2.45) is 0 Å². The molecule has 0 bridgehead atoms. The second-order valence-corrected chi connectivity index (χ2v) is 11.4. The van der Waals surface area contributed by atoms with Crippen LogP contribution in [-0.2, 0) is 0 Å². The Balaban J connectivity index is 1.45. The van der Waals surface area contributed by atoms with Crippen LogP contribution in [-0.4, -0.2) is 21.6 Å². The standard InChI is InChI=1S/C37H33N3O2/c1-22(2)26-13-9-14-27(23(3)4)36(26)40-30-16-7-6-15-29(30)39-37(40)25-12-8-11-24(21-25)28-19-20-33-35(38-28)34-31(41-5)17-10-18-32(34)42-33/h6-23H,1-5H3. The van der Waals surface area contributed by atoms with Crippen LogP contribution in [0.2, 0.25) is 0 Å². The molecule has 3 aromatic heterocycles. The lowest BCUT2D eigenvalue weighted by Gasteiger charge is -2.22. The normalized spacial score (nSPS) is 11.9. The summed E-state index contributed by atoms with van der Waals surface area (Å²) in [4.78, 5) is 10.3. The first-order valence-corrected chi connectivity index (χ1v) is 14.5. The predicted molar refractivity (Wildman–Crippen MR) is 172 cm³/mol. The van der Waals surface area contributed by atoms with Crippen LogP contribution in [0, 0.1) is 0 Å². The van der Waals surface area contributed by atoms with Gasteiger partial charge in [0.15, 0.2) is 5.58 Å². The molecule has 5 nitrogen and oxygen atoms in total. The van der Waals surface area contributed by atoms with E-state index in [1.807, 2.05) is 30.3 Å². The maximum absolute atomic E-state index is 6.08. The van der Waals surface area contributed by atoms with Crippen LogP contribution in [0.15, 0.2) is 101 Å². The quantitative estimate of drug-likeness (QED) is 0.206. The highest BCUT2D eigenvalue weighted by Gasteiger charge is 2.22. The van der Waals surface area contributed by atoms with Crippen molar-refractivity contribution in [3.8, 4) is 34.1 Å². The molecule has 3 heterocycles. The van der Waals surface area contributed by atoms with Gasteiger partial charge in [-0.1, -0.05) is 82.3 Å². The van der Waals surface area contributed by atoms with E-state index in [4.69, 9.17) is 19.1 Å². The fraction of sp³-hybridized carbons (Fsp3) is 0.189. The predicted octanol–water partition coefficient (Wildman–Crippen LogP) is 9.91. The fourth-order valence-corrected chi connectivity index (χ4v) is 6.02. The maximum Gasteiger partial charge on any atom is 0.154 e. The van der Waals surface area contributed by atoms with E-state index in [1.165, 1.54) is 16.8 Å². The number of aromatic nitrogens is 3. The number of ether oxygens (including phenoxy) is 1. The van der Waals surface area contributed by atoms with Crippen LogP contribution in [0.5, 0.6) is 5.75 Å². The van der Waals surface area contributed by atoms with Crippen LogP contribution in [0.4, 0.5) is 0 Å². The lowest BCUT2D eigenvalue weighted by molar-refractivity contribution is 0.420. The Hall–Kier alpha value is -4.90. The molecule has 0 fully saturated rings. The van der Waals surface area contributed by atoms with E-state index in [0.29, 0.717) is 11.8 Å². The highest BCUT2D eigenvalue weighted by atomic mass is 16.5. The van der Waals surface area contributed by atoms with Crippen molar-refractivity contribution in [3.63, 3.8) is 0 Å². The van der Waals surface area contributed by atoms with Crippen LogP contribution in [0.3, 0.4) is 0 Å². The number of hydrogen-bond donors (Lipinski definition) is 0. The lowest BCUT2D eigenvalue weighted by Crippen LogP contribution is -2.08. The molecule has 7 rings (SSSR count). The highest BCUT2D eigenvalue weighted by Crippen LogP contribution is 2.39. The van der Waals surface area contributed by atoms with E-state index in [9.17, 15) is 0 Å². The smallest absolute Gasteiger partial charge is 0.154 e. The third kappa shape index (κ3) is 4.16. The summed E-state index contributed by atoms with van der Waals surface area (Å²) in [7, 11) is 1.68. The molecule has 0 saturated carbocycles. The van der Waals surface area contributed by atoms with E-state index >= 15 is 0 Å². The van der Waals surface area contributed by atoms with E-state index in [0.717, 1.165) is 61.5 Å². The molecule has 7 aromatic rings. The van der Waals surface area contributed by atoms with Gasteiger partial charge in [-0.05, 0) is 65.4 Å². The van der Waals surface area contributed by atoms with E-state index in [2.05, 4.69) is 99.0 Å². The average Bonchev–Trinajstić information content (AvgIpc) is 3.59. The number of hydrogen-bond acceptors (Lipinski definition) is 4. The van der Waals surface area contributed by atoms with Gasteiger partial charge >= 0.3 is 0 Å². The number of pyridine rings is 1. The number of para-hydroxylation sites is 3. The zero-order valence-electron chi connectivity index (χ0n) is 24.6. The molecule has 0 aliphatic rings. The van der Waals surface area contributed by atoms with Crippen molar-refractivity contribution in [2.45, 2.75) is 39.5 Å². The van der Waals surface area contributed by atoms with Crippen molar-refractivity contribution >= 4 is 33.1 Å². The van der Waals surface area contributed by atoms with Crippen LogP contribution >= 0.6 is 0 Å². The van der Waals surface area contributed by atoms with E-state index in [-0.39, 0.29) is 0 Å². The highest BCUT2D eigenvalue weighted by molar-refractivity contribution is 6.06. The molecule has 0 spiro atoms. The van der Waals surface area contributed by atoms with Crippen molar-refractivity contribution in [1.82, 2.24) is 14.5 Å². The Kier molecular flexibility index (Phi) is 6.31. The summed E-state index contributed by atoms with van der Waals surface area (Å²) >= 11 is 0.